The number of benzene rings is 1. The Labute approximate surface area is 157 Å². The zero-order chi connectivity index (χ0) is 18.6. The second-order valence-corrected chi connectivity index (χ2v) is 6.55. The van der Waals surface area contributed by atoms with Gasteiger partial charge in [-0.2, -0.15) is 5.10 Å². The van der Waals surface area contributed by atoms with Crippen molar-refractivity contribution >= 4 is 5.97 Å². The van der Waals surface area contributed by atoms with Gasteiger partial charge in [0.05, 0.1) is 38.1 Å². The van der Waals surface area contributed by atoms with Gasteiger partial charge in [0, 0.05) is 30.3 Å². The molecule has 8 nitrogen and oxygen atoms in total. The molecule has 0 spiro atoms. The topological polar surface area (TPSA) is 85.9 Å². The molecule has 3 heterocycles. The highest BCUT2D eigenvalue weighted by Gasteiger charge is 2.27. The lowest BCUT2D eigenvalue weighted by Gasteiger charge is -2.35. The summed E-state index contributed by atoms with van der Waals surface area (Å²) in [5, 5.41) is 7.31. The van der Waals surface area contributed by atoms with Crippen LogP contribution < -0.4 is 9.47 Å². The van der Waals surface area contributed by atoms with Crippen molar-refractivity contribution in [1.82, 2.24) is 15.1 Å². The third-order valence-corrected chi connectivity index (χ3v) is 4.81. The molecule has 27 heavy (non-hydrogen) atoms. The first-order valence-electron chi connectivity index (χ1n) is 9.14. The molecule has 0 bridgehead atoms. The van der Waals surface area contributed by atoms with Gasteiger partial charge in [-0.1, -0.05) is 0 Å². The number of aromatic nitrogens is 2. The van der Waals surface area contributed by atoms with Gasteiger partial charge in [-0.3, -0.25) is 14.8 Å². The molecule has 1 saturated heterocycles. The van der Waals surface area contributed by atoms with Crippen molar-refractivity contribution in [3.8, 4) is 22.8 Å². The zero-order valence-corrected chi connectivity index (χ0v) is 15.3. The number of aromatic amines is 1. The van der Waals surface area contributed by atoms with Gasteiger partial charge in [-0.25, -0.2) is 0 Å². The molecule has 1 N–H and O–H groups in total. The highest BCUT2D eigenvalue weighted by molar-refractivity contribution is 5.70. The summed E-state index contributed by atoms with van der Waals surface area (Å²) in [7, 11) is 0. The van der Waals surface area contributed by atoms with Crippen molar-refractivity contribution in [3.63, 3.8) is 0 Å². The van der Waals surface area contributed by atoms with E-state index in [1.54, 1.807) is 0 Å². The number of nitrogens with zero attached hydrogens (tertiary/aromatic N) is 2. The highest BCUT2D eigenvalue weighted by atomic mass is 16.7. The van der Waals surface area contributed by atoms with Gasteiger partial charge in [-0.15, -0.1) is 0 Å². The van der Waals surface area contributed by atoms with E-state index in [0.29, 0.717) is 32.8 Å². The molecule has 2 aliphatic rings. The first-order valence-corrected chi connectivity index (χ1v) is 9.14. The van der Waals surface area contributed by atoms with E-state index in [9.17, 15) is 4.79 Å². The van der Waals surface area contributed by atoms with Crippen LogP contribution in [0.15, 0.2) is 24.4 Å². The monoisotopic (exact) mass is 373 g/mol. The van der Waals surface area contributed by atoms with Crippen molar-refractivity contribution in [3.05, 3.63) is 30.0 Å². The molecule has 1 fully saturated rings. The summed E-state index contributed by atoms with van der Waals surface area (Å²) in [6.07, 6.45) is 2.15. The Morgan fingerprint density at radius 3 is 3.15 bits per heavy atom. The van der Waals surface area contributed by atoms with Gasteiger partial charge >= 0.3 is 5.97 Å². The van der Waals surface area contributed by atoms with Crippen LogP contribution in [0.1, 0.15) is 18.9 Å². The van der Waals surface area contributed by atoms with E-state index >= 15 is 0 Å². The van der Waals surface area contributed by atoms with Gasteiger partial charge in [0.25, 0.3) is 0 Å². The Hall–Kier alpha value is -2.58. The number of H-pyrrole nitrogens is 1. The number of ether oxygens (including phenoxy) is 4. The quantitative estimate of drug-likeness (QED) is 0.775. The van der Waals surface area contributed by atoms with Crippen LogP contribution in [0.3, 0.4) is 0 Å². The highest BCUT2D eigenvalue weighted by Crippen LogP contribution is 2.36. The molecule has 0 saturated carbocycles. The minimum absolute atomic E-state index is 0.00250. The smallest absolute Gasteiger partial charge is 0.307 e. The van der Waals surface area contributed by atoms with Crippen LogP contribution in [-0.4, -0.2) is 60.3 Å². The van der Waals surface area contributed by atoms with Crippen molar-refractivity contribution < 1.29 is 23.7 Å². The summed E-state index contributed by atoms with van der Waals surface area (Å²) in [5.74, 6) is 1.29. The Morgan fingerprint density at radius 2 is 2.26 bits per heavy atom. The number of fused-ring (bicyclic) bond motifs is 1. The van der Waals surface area contributed by atoms with E-state index in [2.05, 4.69) is 15.1 Å². The average molecular weight is 373 g/mol. The number of esters is 1. The van der Waals surface area contributed by atoms with E-state index < -0.39 is 0 Å². The van der Waals surface area contributed by atoms with Gasteiger partial charge in [0.15, 0.2) is 11.5 Å². The maximum Gasteiger partial charge on any atom is 0.307 e. The fourth-order valence-electron chi connectivity index (χ4n) is 3.45. The summed E-state index contributed by atoms with van der Waals surface area (Å²) < 4.78 is 21.5. The minimum Gasteiger partial charge on any atom is -0.466 e. The molecule has 4 rings (SSSR count). The first-order chi connectivity index (χ1) is 13.2. The molecule has 0 unspecified atom stereocenters. The van der Waals surface area contributed by atoms with Gasteiger partial charge in [0.1, 0.15) is 0 Å². The minimum atomic E-state index is -0.193. The fraction of sp³-hybridized carbons (Fsp3) is 0.474. The summed E-state index contributed by atoms with van der Waals surface area (Å²) in [5.41, 5.74) is 2.99. The standard InChI is InChI=1S/C19H23N3O5/c1-2-25-18(23)8-15-11-24-6-5-22(15)10-14-9-20-21-19(14)13-3-4-16-17(7-13)27-12-26-16/h3-4,7,9,15H,2,5-6,8,10-12H2,1H3,(H,20,21)/t15-/m0/s1. The van der Waals surface area contributed by atoms with E-state index in [1.165, 1.54) is 0 Å². The molecule has 1 aromatic heterocycles. The molecule has 2 aliphatic heterocycles. The largest absolute Gasteiger partial charge is 0.466 e. The van der Waals surface area contributed by atoms with Crippen LogP contribution >= 0.6 is 0 Å². The lowest BCUT2D eigenvalue weighted by molar-refractivity contribution is -0.146. The van der Waals surface area contributed by atoms with Gasteiger partial charge in [0.2, 0.25) is 6.79 Å². The fourth-order valence-corrected chi connectivity index (χ4v) is 3.45. The lowest BCUT2D eigenvalue weighted by Crippen LogP contribution is -2.46. The summed E-state index contributed by atoms with van der Waals surface area (Å²) >= 11 is 0. The Bertz CT molecular complexity index is 806. The Morgan fingerprint density at radius 1 is 1.37 bits per heavy atom. The number of morpholine rings is 1. The third-order valence-electron chi connectivity index (χ3n) is 4.81. The summed E-state index contributed by atoms with van der Waals surface area (Å²) in [6.45, 7) is 5.06. The van der Waals surface area contributed by atoms with Crippen LogP contribution in [0.4, 0.5) is 0 Å². The molecule has 1 atom stereocenters. The number of hydrogen-bond donors (Lipinski definition) is 1. The Kier molecular flexibility index (Phi) is 5.26. The molecular formula is C19H23N3O5. The molecule has 0 aliphatic carbocycles. The number of hydrogen-bond acceptors (Lipinski definition) is 7. The molecule has 1 aromatic carbocycles. The van der Waals surface area contributed by atoms with E-state index in [-0.39, 0.29) is 18.8 Å². The van der Waals surface area contributed by atoms with E-state index in [1.807, 2.05) is 31.3 Å². The van der Waals surface area contributed by atoms with Gasteiger partial charge in [-0.05, 0) is 25.1 Å². The van der Waals surface area contributed by atoms with Crippen LogP contribution in [0.2, 0.25) is 0 Å². The molecule has 144 valence electrons. The molecule has 0 amide bonds. The van der Waals surface area contributed by atoms with Crippen LogP contribution in [0, 0.1) is 0 Å². The lowest BCUT2D eigenvalue weighted by atomic mass is 10.1. The predicted octanol–water partition coefficient (Wildman–Crippen LogP) is 1.96. The van der Waals surface area contributed by atoms with Gasteiger partial charge < -0.3 is 18.9 Å². The van der Waals surface area contributed by atoms with Crippen molar-refractivity contribution in [2.45, 2.75) is 25.9 Å². The maximum atomic E-state index is 11.9. The number of carbonyl (C=O) groups excluding carboxylic acids is 1. The van der Waals surface area contributed by atoms with E-state index in [0.717, 1.165) is 34.9 Å². The maximum absolute atomic E-state index is 11.9. The molecule has 8 heteroatoms. The second kappa shape index (κ2) is 7.98. The normalized spacial score (nSPS) is 19.2. The van der Waals surface area contributed by atoms with Crippen LogP contribution in [-0.2, 0) is 20.8 Å². The van der Waals surface area contributed by atoms with Crippen LogP contribution in [0.25, 0.3) is 11.3 Å². The number of rotatable bonds is 6. The van der Waals surface area contributed by atoms with Crippen molar-refractivity contribution in [2.75, 3.05) is 33.2 Å². The SMILES string of the molecule is CCOC(=O)C[C@H]1COCCN1Cc1cn[nH]c1-c1ccc2c(c1)OCO2. The number of nitrogens with one attached hydrogen (secondary N) is 1. The molecular weight excluding hydrogens is 350 g/mol. The van der Waals surface area contributed by atoms with E-state index in [4.69, 9.17) is 18.9 Å². The summed E-state index contributed by atoms with van der Waals surface area (Å²) in [6, 6.07) is 5.84. The number of carbonyl (C=O) groups is 1. The average Bonchev–Trinajstić information content (AvgIpc) is 3.32. The molecule has 2 aromatic rings. The zero-order valence-electron chi connectivity index (χ0n) is 15.3. The Balaban J connectivity index is 1.51. The van der Waals surface area contributed by atoms with Crippen molar-refractivity contribution in [2.24, 2.45) is 0 Å². The first kappa shape index (κ1) is 17.8. The third kappa shape index (κ3) is 3.91. The van der Waals surface area contributed by atoms with Crippen LogP contribution in [0.5, 0.6) is 11.5 Å². The second-order valence-electron chi connectivity index (χ2n) is 6.55. The molecule has 0 radical (unpaired) electrons. The predicted molar refractivity (Wildman–Crippen MR) is 96.4 cm³/mol. The summed E-state index contributed by atoms with van der Waals surface area (Å²) in [4.78, 5) is 14.2. The van der Waals surface area contributed by atoms with Crippen molar-refractivity contribution in [1.29, 1.82) is 0 Å².